The van der Waals surface area contributed by atoms with Crippen LogP contribution in [0.4, 0.5) is 0 Å². The zero-order valence-corrected chi connectivity index (χ0v) is 47.2. The molecule has 0 amide bonds. The number of hydrogen-bond donors (Lipinski definition) is 3. The van der Waals surface area contributed by atoms with Gasteiger partial charge in [-0.05, 0) is 25.7 Å². The number of phosphoric ester groups is 2. The van der Waals surface area contributed by atoms with Gasteiger partial charge < -0.3 is 33.8 Å². The summed E-state index contributed by atoms with van der Waals surface area (Å²) in [5, 5.41) is 10.4. The highest BCUT2D eigenvalue weighted by Gasteiger charge is 2.30. The van der Waals surface area contributed by atoms with E-state index in [1.54, 1.807) is 6.92 Å². The Morgan fingerprint density at radius 1 is 0.333 bits per heavy atom. The normalized spacial score (nSPS) is 14.5. The van der Waals surface area contributed by atoms with Crippen molar-refractivity contribution in [1.82, 2.24) is 0 Å². The van der Waals surface area contributed by atoms with E-state index in [0.29, 0.717) is 25.7 Å². The van der Waals surface area contributed by atoms with E-state index >= 15 is 0 Å². The molecule has 3 N–H and O–H groups in total. The maximum atomic E-state index is 12.8. The summed E-state index contributed by atoms with van der Waals surface area (Å²) in [6, 6.07) is 0. The van der Waals surface area contributed by atoms with Gasteiger partial charge in [0.15, 0.2) is 12.2 Å². The zero-order valence-electron chi connectivity index (χ0n) is 45.4. The van der Waals surface area contributed by atoms with Crippen molar-refractivity contribution >= 4 is 39.5 Å². The number of ether oxygens (including phenoxy) is 4. The third kappa shape index (κ3) is 47.8. The lowest BCUT2D eigenvalue weighted by Gasteiger charge is -2.21. The van der Waals surface area contributed by atoms with Crippen LogP contribution in [-0.4, -0.2) is 96.7 Å². The molecule has 0 aromatic carbocycles. The van der Waals surface area contributed by atoms with Gasteiger partial charge in [0, 0.05) is 25.7 Å². The van der Waals surface area contributed by atoms with Gasteiger partial charge in [-0.15, -0.1) is 0 Å². The molecule has 0 aliphatic carbocycles. The molecule has 0 saturated carbocycles. The average Bonchev–Trinajstić information content (AvgIpc) is 3.34. The Morgan fingerprint density at radius 3 is 0.875 bits per heavy atom. The van der Waals surface area contributed by atoms with Crippen LogP contribution in [0.5, 0.6) is 0 Å². The quantitative estimate of drug-likeness (QED) is 0.0222. The SMILES string of the molecule is CCCCCCCCCCCCCCC(=O)O[C@H](COC(=O)CCC)COP(=O)(O)OC[C@H](O)COP(=O)(O)OC[C@@H](COC(=O)CCCCCCCCCC)OC(=O)CCCCCCCCCCCCC. The van der Waals surface area contributed by atoms with Gasteiger partial charge in [-0.1, -0.05) is 207 Å². The molecule has 19 heteroatoms. The summed E-state index contributed by atoms with van der Waals surface area (Å²) in [5.74, 6) is -2.21. The Bertz CT molecular complexity index is 1420. The van der Waals surface area contributed by atoms with E-state index in [2.05, 4.69) is 20.8 Å². The Labute approximate surface area is 435 Å². The minimum Gasteiger partial charge on any atom is -0.462 e. The number of aliphatic hydroxyl groups excluding tert-OH is 1. The lowest BCUT2D eigenvalue weighted by atomic mass is 10.0. The molecule has 0 rings (SSSR count). The summed E-state index contributed by atoms with van der Waals surface area (Å²) in [6.07, 6.45) is 31.0. The summed E-state index contributed by atoms with van der Waals surface area (Å²) < 4.78 is 66.8. The van der Waals surface area contributed by atoms with Crippen LogP contribution in [0.1, 0.15) is 259 Å². The third-order valence-corrected chi connectivity index (χ3v) is 14.0. The van der Waals surface area contributed by atoms with Crippen molar-refractivity contribution < 1.29 is 80.2 Å². The van der Waals surface area contributed by atoms with Gasteiger partial charge in [0.1, 0.15) is 19.3 Å². The van der Waals surface area contributed by atoms with E-state index in [0.717, 1.165) is 77.0 Å². The van der Waals surface area contributed by atoms with Crippen molar-refractivity contribution in [2.75, 3.05) is 39.6 Å². The van der Waals surface area contributed by atoms with E-state index in [1.807, 2.05) is 0 Å². The van der Waals surface area contributed by atoms with Crippen LogP contribution in [-0.2, 0) is 65.4 Å². The molecule has 0 aromatic heterocycles. The molecule has 0 aliphatic rings. The van der Waals surface area contributed by atoms with Crippen LogP contribution in [0.15, 0.2) is 0 Å². The maximum Gasteiger partial charge on any atom is 0.472 e. The van der Waals surface area contributed by atoms with Crippen molar-refractivity contribution in [1.29, 1.82) is 0 Å². The Balaban J connectivity index is 5.02. The van der Waals surface area contributed by atoms with E-state index < -0.39 is 97.5 Å². The predicted octanol–water partition coefficient (Wildman–Crippen LogP) is 13.6. The monoisotopic (exact) mass is 1070 g/mol. The number of esters is 4. The highest BCUT2D eigenvalue weighted by atomic mass is 31.2. The molecule has 17 nitrogen and oxygen atoms in total. The van der Waals surface area contributed by atoms with Gasteiger partial charge in [0.2, 0.25) is 0 Å². The number of carbonyl (C=O) groups is 4. The fourth-order valence-electron chi connectivity index (χ4n) is 7.73. The van der Waals surface area contributed by atoms with Gasteiger partial charge >= 0.3 is 39.5 Å². The number of carbonyl (C=O) groups excluding carboxylic acids is 4. The number of unbranched alkanes of at least 4 members (excludes halogenated alkanes) is 28. The molecule has 0 spiro atoms. The second-order valence-corrected chi connectivity index (χ2v) is 22.2. The summed E-state index contributed by atoms with van der Waals surface area (Å²) in [7, 11) is -9.83. The summed E-state index contributed by atoms with van der Waals surface area (Å²) in [5.41, 5.74) is 0. The Kier molecular flexibility index (Phi) is 47.4. The molecule has 72 heavy (non-hydrogen) atoms. The zero-order chi connectivity index (χ0) is 53.4. The second-order valence-electron chi connectivity index (χ2n) is 19.3. The maximum absolute atomic E-state index is 12.8. The number of aliphatic hydroxyl groups is 1. The lowest BCUT2D eigenvalue weighted by Crippen LogP contribution is -2.30. The largest absolute Gasteiger partial charge is 0.472 e. The Hall–Kier alpha value is -1.94. The second kappa shape index (κ2) is 48.7. The fourth-order valence-corrected chi connectivity index (χ4v) is 9.31. The van der Waals surface area contributed by atoms with Crippen LogP contribution >= 0.6 is 15.6 Å². The first-order valence-corrected chi connectivity index (χ1v) is 31.3. The minimum atomic E-state index is -4.92. The van der Waals surface area contributed by atoms with Gasteiger partial charge in [-0.2, -0.15) is 0 Å². The molecule has 0 heterocycles. The first-order valence-electron chi connectivity index (χ1n) is 28.3. The molecule has 0 aliphatic heterocycles. The topological polar surface area (TPSA) is 237 Å². The molecule has 0 bridgehead atoms. The summed E-state index contributed by atoms with van der Waals surface area (Å²) in [6.45, 7) is 4.40. The van der Waals surface area contributed by atoms with Crippen LogP contribution < -0.4 is 0 Å². The van der Waals surface area contributed by atoms with Crippen molar-refractivity contribution in [2.45, 2.75) is 277 Å². The van der Waals surface area contributed by atoms with E-state index in [9.17, 15) is 43.2 Å². The molecule has 0 saturated heterocycles. The first kappa shape index (κ1) is 70.1. The number of rotatable bonds is 54. The molecule has 426 valence electrons. The molecular formula is C53H102O17P2. The van der Waals surface area contributed by atoms with Gasteiger partial charge in [0.05, 0.1) is 26.4 Å². The van der Waals surface area contributed by atoms with E-state index in [-0.39, 0.29) is 25.7 Å². The number of phosphoric acid groups is 2. The molecule has 0 aromatic rings. The summed E-state index contributed by atoms with van der Waals surface area (Å²) >= 11 is 0. The van der Waals surface area contributed by atoms with Crippen LogP contribution in [0.3, 0.4) is 0 Å². The Morgan fingerprint density at radius 2 is 0.583 bits per heavy atom. The molecular weight excluding hydrogens is 971 g/mol. The molecule has 0 fully saturated rings. The van der Waals surface area contributed by atoms with E-state index in [4.69, 9.17) is 37.0 Å². The number of hydrogen-bond acceptors (Lipinski definition) is 15. The lowest BCUT2D eigenvalue weighted by molar-refractivity contribution is -0.161. The van der Waals surface area contributed by atoms with Gasteiger partial charge in [0.25, 0.3) is 0 Å². The fraction of sp³-hybridized carbons (Fsp3) is 0.925. The molecule has 0 radical (unpaired) electrons. The standard InChI is InChI=1S/C53H102O17P2/c1-5-9-12-15-18-21-23-25-27-30-33-35-39-52(57)69-48(43-63-50(55)37-8-4)45-67-71(59,60)65-41-47(54)42-66-72(61,62)68-46-49(44-64-51(56)38-34-31-28-20-17-14-11-7-3)70-53(58)40-36-32-29-26-24-22-19-16-13-10-6-2/h47-49,54H,5-46H2,1-4H3,(H,59,60)(H,61,62)/t47-,48+,49+/m0/s1. The molecule has 5 atom stereocenters. The van der Waals surface area contributed by atoms with Crippen molar-refractivity contribution in [2.24, 2.45) is 0 Å². The first-order chi connectivity index (χ1) is 34.7. The van der Waals surface area contributed by atoms with Crippen LogP contribution in [0.25, 0.3) is 0 Å². The highest BCUT2D eigenvalue weighted by molar-refractivity contribution is 7.47. The van der Waals surface area contributed by atoms with Gasteiger partial charge in [-0.25, -0.2) is 9.13 Å². The van der Waals surface area contributed by atoms with Crippen molar-refractivity contribution in [3.05, 3.63) is 0 Å². The van der Waals surface area contributed by atoms with Gasteiger partial charge in [-0.3, -0.25) is 37.3 Å². The highest BCUT2D eigenvalue weighted by Crippen LogP contribution is 2.45. The minimum absolute atomic E-state index is 0.104. The predicted molar refractivity (Wildman–Crippen MR) is 280 cm³/mol. The smallest absolute Gasteiger partial charge is 0.462 e. The van der Waals surface area contributed by atoms with E-state index in [1.165, 1.54) is 103 Å². The van der Waals surface area contributed by atoms with Crippen molar-refractivity contribution in [3.8, 4) is 0 Å². The third-order valence-electron chi connectivity index (χ3n) is 12.1. The average molecular weight is 1070 g/mol. The molecule has 2 unspecified atom stereocenters. The summed E-state index contributed by atoms with van der Waals surface area (Å²) in [4.78, 5) is 70.7. The van der Waals surface area contributed by atoms with Crippen molar-refractivity contribution in [3.63, 3.8) is 0 Å². The van der Waals surface area contributed by atoms with Crippen LogP contribution in [0.2, 0.25) is 0 Å². The van der Waals surface area contributed by atoms with Crippen LogP contribution in [0, 0.1) is 0 Å².